The van der Waals surface area contributed by atoms with E-state index >= 15 is 0 Å². The summed E-state index contributed by atoms with van der Waals surface area (Å²) in [5, 5.41) is 0. The van der Waals surface area contributed by atoms with Gasteiger partial charge in [-0.05, 0) is 13.3 Å². The lowest BCUT2D eigenvalue weighted by Gasteiger charge is -2.09. The third-order valence-corrected chi connectivity index (χ3v) is 1.43. The molecule has 0 aliphatic heterocycles. The zero-order valence-electron chi connectivity index (χ0n) is 8.02. The van der Waals surface area contributed by atoms with E-state index in [-0.39, 0.29) is 19.5 Å². The molecular formula is C8H12O6. The third kappa shape index (κ3) is 3.88. The molecular weight excluding hydrogens is 192 g/mol. The van der Waals surface area contributed by atoms with E-state index in [0.717, 1.165) is 0 Å². The molecule has 0 heterocycles. The topological polar surface area (TPSA) is 78.9 Å². The van der Waals surface area contributed by atoms with Gasteiger partial charge in [0.15, 0.2) is 5.92 Å². The molecule has 1 atom stereocenters. The van der Waals surface area contributed by atoms with Crippen LogP contribution in [-0.4, -0.2) is 25.0 Å². The summed E-state index contributed by atoms with van der Waals surface area (Å²) in [7, 11) is 0. The number of hydrogen-bond acceptors (Lipinski definition) is 6. The number of carbonyl (C=O) groups is 3. The third-order valence-electron chi connectivity index (χ3n) is 1.43. The molecule has 0 aliphatic rings. The van der Waals surface area contributed by atoms with Crippen molar-refractivity contribution in [3.63, 3.8) is 0 Å². The van der Waals surface area contributed by atoms with E-state index in [0.29, 0.717) is 0 Å². The highest BCUT2D eigenvalue weighted by Crippen LogP contribution is 2.07. The van der Waals surface area contributed by atoms with Crippen molar-refractivity contribution in [3.8, 4) is 0 Å². The minimum absolute atomic E-state index is 0.0459. The minimum Gasteiger partial charge on any atom is -0.465 e. The Kier molecular flexibility index (Phi) is 6.09. The van der Waals surface area contributed by atoms with Gasteiger partial charge in [0, 0.05) is 0 Å². The molecule has 6 nitrogen and oxygen atoms in total. The summed E-state index contributed by atoms with van der Waals surface area (Å²) in [6.07, 6.45) is 0.222. The maximum atomic E-state index is 11.1. The maximum Gasteiger partial charge on any atom is 0.369 e. The largest absolute Gasteiger partial charge is 0.465 e. The molecule has 0 rings (SSSR count). The van der Waals surface area contributed by atoms with Crippen LogP contribution in [0.2, 0.25) is 0 Å². The Labute approximate surface area is 81.0 Å². The number of rotatable bonds is 6. The second kappa shape index (κ2) is 6.88. The van der Waals surface area contributed by atoms with Crippen molar-refractivity contribution in [2.24, 2.45) is 5.92 Å². The van der Waals surface area contributed by atoms with E-state index < -0.39 is 17.9 Å². The lowest BCUT2D eigenvalue weighted by molar-refractivity contribution is -0.252. The van der Waals surface area contributed by atoms with Crippen molar-refractivity contribution in [1.29, 1.82) is 0 Å². The Balaban J connectivity index is 4.17. The molecule has 0 aromatic rings. The molecule has 0 radical (unpaired) electrons. The van der Waals surface area contributed by atoms with Crippen LogP contribution in [0.15, 0.2) is 0 Å². The monoisotopic (exact) mass is 204 g/mol. The van der Waals surface area contributed by atoms with E-state index in [2.05, 4.69) is 14.5 Å². The second-order valence-corrected chi connectivity index (χ2v) is 2.31. The number of ether oxygens (including phenoxy) is 1. The van der Waals surface area contributed by atoms with Gasteiger partial charge in [0.1, 0.15) is 0 Å². The first-order chi connectivity index (χ1) is 6.67. The van der Waals surface area contributed by atoms with Gasteiger partial charge in [-0.15, -0.1) is 0 Å². The molecule has 0 aromatic heterocycles. The molecule has 0 N–H and O–H groups in total. The van der Waals surface area contributed by atoms with Crippen LogP contribution >= 0.6 is 0 Å². The minimum atomic E-state index is -1.05. The maximum absolute atomic E-state index is 11.1. The van der Waals surface area contributed by atoms with Gasteiger partial charge in [-0.3, -0.25) is 14.5 Å². The summed E-state index contributed by atoms with van der Waals surface area (Å²) in [6.45, 7) is 3.37. The average molecular weight is 204 g/mol. The summed E-state index contributed by atoms with van der Waals surface area (Å²) >= 11 is 0. The molecule has 0 aliphatic carbocycles. The molecule has 0 saturated heterocycles. The van der Waals surface area contributed by atoms with Crippen LogP contribution < -0.4 is 0 Å². The molecule has 0 saturated carbocycles. The van der Waals surface area contributed by atoms with Crippen LogP contribution in [0.3, 0.4) is 0 Å². The fraction of sp³-hybridized carbons (Fsp3) is 0.625. The van der Waals surface area contributed by atoms with Crippen molar-refractivity contribution < 1.29 is 28.9 Å². The number of carbonyl (C=O) groups excluding carboxylic acids is 3. The number of hydrogen-bond donors (Lipinski definition) is 0. The smallest absolute Gasteiger partial charge is 0.369 e. The first-order valence-corrected chi connectivity index (χ1v) is 4.14. The fourth-order valence-electron chi connectivity index (χ4n) is 0.798. The Morgan fingerprint density at radius 3 is 2.36 bits per heavy atom. The zero-order valence-corrected chi connectivity index (χ0v) is 8.02. The molecule has 1 unspecified atom stereocenters. The van der Waals surface area contributed by atoms with E-state index in [1.165, 1.54) is 0 Å². The van der Waals surface area contributed by atoms with E-state index in [1.54, 1.807) is 13.8 Å². The summed E-state index contributed by atoms with van der Waals surface area (Å²) in [6, 6.07) is 0. The Morgan fingerprint density at radius 2 is 1.93 bits per heavy atom. The highest BCUT2D eigenvalue weighted by Gasteiger charge is 2.28. The Hall–Kier alpha value is -1.59. The standard InChI is InChI=1S/C8H12O6/c1-3-6(7(10)12-4-2)8(11)14-13-5-9/h5-6H,3-4H2,1-2H3. The van der Waals surface area contributed by atoms with Gasteiger partial charge in [0.2, 0.25) is 0 Å². The Bertz CT molecular complexity index is 212. The molecule has 6 heteroatoms. The Morgan fingerprint density at radius 1 is 1.29 bits per heavy atom. The van der Waals surface area contributed by atoms with Gasteiger partial charge in [-0.1, -0.05) is 6.92 Å². The first kappa shape index (κ1) is 12.4. The summed E-state index contributed by atoms with van der Waals surface area (Å²) in [5.74, 6) is -2.66. The predicted octanol–water partition coefficient (Wildman–Crippen LogP) is 0.207. The molecule has 80 valence electrons. The normalized spacial score (nSPS) is 11.3. The SMILES string of the molecule is CCOC(=O)C(CC)C(=O)OOC=O. The number of esters is 1. The average Bonchev–Trinajstić information content (AvgIpc) is 2.16. The van der Waals surface area contributed by atoms with Crippen LogP contribution in [0.5, 0.6) is 0 Å². The molecule has 0 aromatic carbocycles. The molecule has 0 fully saturated rings. The summed E-state index contributed by atoms with van der Waals surface area (Å²) in [4.78, 5) is 39.6. The highest BCUT2D eigenvalue weighted by atomic mass is 17.2. The van der Waals surface area contributed by atoms with E-state index in [1.807, 2.05) is 0 Å². The molecule has 14 heavy (non-hydrogen) atoms. The summed E-state index contributed by atoms with van der Waals surface area (Å²) < 4.78 is 4.61. The lowest BCUT2D eigenvalue weighted by Crippen LogP contribution is -2.27. The first-order valence-electron chi connectivity index (χ1n) is 4.14. The van der Waals surface area contributed by atoms with Gasteiger partial charge >= 0.3 is 18.4 Å². The van der Waals surface area contributed by atoms with Crippen molar-refractivity contribution in [2.45, 2.75) is 20.3 Å². The van der Waals surface area contributed by atoms with Gasteiger partial charge < -0.3 is 4.74 Å². The van der Waals surface area contributed by atoms with Gasteiger partial charge in [-0.25, -0.2) is 9.68 Å². The van der Waals surface area contributed by atoms with Crippen molar-refractivity contribution in [2.75, 3.05) is 6.61 Å². The summed E-state index contributed by atoms with van der Waals surface area (Å²) in [5.41, 5.74) is 0. The van der Waals surface area contributed by atoms with Crippen LogP contribution in [0.1, 0.15) is 20.3 Å². The molecule has 0 amide bonds. The highest BCUT2D eigenvalue weighted by molar-refractivity contribution is 5.94. The van der Waals surface area contributed by atoms with Gasteiger partial charge in [-0.2, -0.15) is 0 Å². The fourth-order valence-corrected chi connectivity index (χ4v) is 0.798. The van der Waals surface area contributed by atoms with Gasteiger partial charge in [0.25, 0.3) is 0 Å². The molecule has 0 spiro atoms. The van der Waals surface area contributed by atoms with Crippen molar-refractivity contribution in [1.82, 2.24) is 0 Å². The van der Waals surface area contributed by atoms with Crippen molar-refractivity contribution >= 4 is 18.4 Å². The predicted molar refractivity (Wildman–Crippen MR) is 43.7 cm³/mol. The lowest BCUT2D eigenvalue weighted by atomic mass is 10.1. The molecule has 0 bridgehead atoms. The van der Waals surface area contributed by atoms with Crippen LogP contribution in [-0.2, 0) is 28.9 Å². The van der Waals surface area contributed by atoms with E-state index in [4.69, 9.17) is 0 Å². The quantitative estimate of drug-likeness (QED) is 0.202. The zero-order chi connectivity index (χ0) is 11.0. The second-order valence-electron chi connectivity index (χ2n) is 2.31. The van der Waals surface area contributed by atoms with E-state index in [9.17, 15) is 14.4 Å². The van der Waals surface area contributed by atoms with Crippen LogP contribution in [0.25, 0.3) is 0 Å². The van der Waals surface area contributed by atoms with Crippen LogP contribution in [0, 0.1) is 5.92 Å². The van der Waals surface area contributed by atoms with Crippen molar-refractivity contribution in [3.05, 3.63) is 0 Å². The van der Waals surface area contributed by atoms with Crippen LogP contribution in [0.4, 0.5) is 0 Å². The van der Waals surface area contributed by atoms with Gasteiger partial charge in [0.05, 0.1) is 6.61 Å².